The molecule has 0 spiro atoms. The number of rotatable bonds is 5. The Morgan fingerprint density at radius 3 is 2.45 bits per heavy atom. The van der Waals surface area contributed by atoms with Gasteiger partial charge in [-0.1, -0.05) is 78.1 Å². The van der Waals surface area contributed by atoms with Crippen LogP contribution in [0.1, 0.15) is 29.0 Å². The number of ether oxygens (including phenoxy) is 1. The van der Waals surface area contributed by atoms with E-state index >= 15 is 0 Å². The van der Waals surface area contributed by atoms with Gasteiger partial charge in [-0.2, -0.15) is 0 Å². The van der Waals surface area contributed by atoms with Crippen LogP contribution >= 0.6 is 22.7 Å². The van der Waals surface area contributed by atoms with E-state index in [4.69, 9.17) is 9.73 Å². The van der Waals surface area contributed by atoms with Gasteiger partial charge in [0.15, 0.2) is 4.80 Å². The quantitative estimate of drug-likeness (QED) is 0.413. The standard InChI is InChI=1S/C26H20N2O3S2/c1-2-31-25(30)21-22(18-12-7-4-8-13-18)27-26-28(23(21)19-14-9-15-32-19)24(29)20(33-26)16-17-10-5-3-6-11-17/h3-16,23H,2H2,1H3/b20-16-/t23-/m1/s1. The lowest BCUT2D eigenvalue weighted by atomic mass is 9.97. The van der Waals surface area contributed by atoms with Gasteiger partial charge in [0.1, 0.15) is 6.04 Å². The molecule has 0 unspecified atom stereocenters. The Morgan fingerprint density at radius 1 is 1.06 bits per heavy atom. The van der Waals surface area contributed by atoms with Crippen molar-refractivity contribution < 1.29 is 9.53 Å². The first-order chi connectivity index (χ1) is 16.2. The highest BCUT2D eigenvalue weighted by atomic mass is 32.1. The molecule has 7 heteroatoms. The maximum atomic E-state index is 13.6. The smallest absolute Gasteiger partial charge is 0.338 e. The van der Waals surface area contributed by atoms with Crippen molar-refractivity contribution in [1.29, 1.82) is 0 Å². The predicted molar refractivity (Wildman–Crippen MR) is 132 cm³/mol. The first-order valence-corrected chi connectivity index (χ1v) is 12.2. The van der Waals surface area contributed by atoms with Gasteiger partial charge in [0.05, 0.1) is 22.4 Å². The number of aromatic nitrogens is 1. The molecule has 0 amide bonds. The second-order valence-electron chi connectivity index (χ2n) is 7.36. The summed E-state index contributed by atoms with van der Waals surface area (Å²) < 4.78 is 7.64. The summed E-state index contributed by atoms with van der Waals surface area (Å²) in [6.45, 7) is 2.01. The molecule has 5 rings (SSSR count). The van der Waals surface area contributed by atoms with Crippen LogP contribution in [0.4, 0.5) is 0 Å². The maximum absolute atomic E-state index is 13.6. The van der Waals surface area contributed by atoms with E-state index in [0.29, 0.717) is 20.6 Å². The molecular weight excluding hydrogens is 452 g/mol. The minimum atomic E-state index is -0.603. The molecule has 0 radical (unpaired) electrons. The average Bonchev–Trinajstić information content (AvgIpc) is 3.48. The molecular formula is C26H20N2O3S2. The number of esters is 1. The molecule has 0 saturated carbocycles. The van der Waals surface area contributed by atoms with Crippen LogP contribution in [0.5, 0.6) is 0 Å². The van der Waals surface area contributed by atoms with E-state index in [1.54, 1.807) is 11.5 Å². The molecule has 5 nitrogen and oxygen atoms in total. The van der Waals surface area contributed by atoms with Crippen LogP contribution in [0.25, 0.3) is 11.8 Å². The van der Waals surface area contributed by atoms with Gasteiger partial charge in [-0.25, -0.2) is 9.79 Å². The lowest BCUT2D eigenvalue weighted by Gasteiger charge is -2.24. The number of thiophene rings is 1. The van der Waals surface area contributed by atoms with Gasteiger partial charge in [0, 0.05) is 10.4 Å². The highest BCUT2D eigenvalue weighted by molar-refractivity contribution is 7.10. The van der Waals surface area contributed by atoms with Crippen molar-refractivity contribution >= 4 is 40.4 Å². The molecule has 0 fully saturated rings. The minimum Gasteiger partial charge on any atom is -0.463 e. The molecule has 0 saturated heterocycles. The summed E-state index contributed by atoms with van der Waals surface area (Å²) in [6, 6.07) is 22.5. The second kappa shape index (κ2) is 9.13. The Bertz CT molecular complexity index is 1500. The van der Waals surface area contributed by atoms with E-state index in [0.717, 1.165) is 16.0 Å². The van der Waals surface area contributed by atoms with E-state index in [9.17, 15) is 9.59 Å². The molecule has 0 N–H and O–H groups in total. The van der Waals surface area contributed by atoms with Crippen LogP contribution in [0.2, 0.25) is 0 Å². The molecule has 2 aromatic carbocycles. The van der Waals surface area contributed by atoms with E-state index in [1.807, 2.05) is 84.3 Å². The van der Waals surface area contributed by atoms with Crippen molar-refractivity contribution in [2.24, 2.45) is 4.99 Å². The molecule has 0 aliphatic carbocycles. The number of thiazole rings is 1. The van der Waals surface area contributed by atoms with E-state index in [1.165, 1.54) is 22.7 Å². The van der Waals surface area contributed by atoms with Crippen molar-refractivity contribution in [3.8, 4) is 0 Å². The number of fused-ring (bicyclic) bond motifs is 1. The summed E-state index contributed by atoms with van der Waals surface area (Å²) >= 11 is 2.83. The highest BCUT2D eigenvalue weighted by Crippen LogP contribution is 2.36. The third-order valence-electron chi connectivity index (χ3n) is 5.28. The number of hydrogen-bond acceptors (Lipinski definition) is 6. The normalized spacial score (nSPS) is 15.8. The topological polar surface area (TPSA) is 60.7 Å². The van der Waals surface area contributed by atoms with Crippen molar-refractivity contribution in [3.63, 3.8) is 0 Å². The van der Waals surface area contributed by atoms with Crippen molar-refractivity contribution in [1.82, 2.24) is 4.57 Å². The molecule has 164 valence electrons. The van der Waals surface area contributed by atoms with E-state index in [2.05, 4.69) is 0 Å². The molecule has 33 heavy (non-hydrogen) atoms. The van der Waals surface area contributed by atoms with Gasteiger partial charge in [-0.3, -0.25) is 9.36 Å². The van der Waals surface area contributed by atoms with Crippen LogP contribution < -0.4 is 14.9 Å². The molecule has 1 aliphatic heterocycles. The third kappa shape index (κ3) is 4.01. The number of hydrogen-bond donors (Lipinski definition) is 0. The van der Waals surface area contributed by atoms with Crippen molar-refractivity contribution in [2.45, 2.75) is 13.0 Å². The van der Waals surface area contributed by atoms with Gasteiger partial charge in [0.25, 0.3) is 5.56 Å². The molecule has 2 aromatic heterocycles. The largest absolute Gasteiger partial charge is 0.463 e. The fourth-order valence-corrected chi connectivity index (χ4v) is 5.68. The van der Waals surface area contributed by atoms with Crippen molar-refractivity contribution in [2.75, 3.05) is 6.61 Å². The Labute approximate surface area is 198 Å². The summed E-state index contributed by atoms with van der Waals surface area (Å²) in [5.41, 5.74) is 2.49. The van der Waals surface area contributed by atoms with Crippen LogP contribution in [0.15, 0.2) is 93.5 Å². The van der Waals surface area contributed by atoms with E-state index in [-0.39, 0.29) is 12.2 Å². The lowest BCUT2D eigenvalue weighted by Crippen LogP contribution is -2.39. The highest BCUT2D eigenvalue weighted by Gasteiger charge is 2.35. The SMILES string of the molecule is CCOC(=O)C1=C(c2ccccc2)N=c2s/c(=C\c3ccccc3)c(=O)n2[C@@H]1c1cccs1. The third-order valence-corrected chi connectivity index (χ3v) is 7.19. The zero-order valence-corrected chi connectivity index (χ0v) is 19.4. The Balaban J connectivity index is 1.82. The predicted octanol–water partition coefficient (Wildman–Crippen LogP) is 4.00. The Kier molecular flexibility index (Phi) is 5.90. The zero-order chi connectivity index (χ0) is 22.8. The molecule has 3 heterocycles. The van der Waals surface area contributed by atoms with Crippen LogP contribution in [0, 0.1) is 0 Å². The van der Waals surface area contributed by atoms with Gasteiger partial charge < -0.3 is 4.74 Å². The van der Waals surface area contributed by atoms with Gasteiger partial charge in [0.2, 0.25) is 0 Å². The molecule has 4 aromatic rings. The Morgan fingerprint density at radius 2 is 1.79 bits per heavy atom. The molecule has 0 bridgehead atoms. The average molecular weight is 473 g/mol. The fraction of sp³-hybridized carbons (Fsp3) is 0.115. The lowest BCUT2D eigenvalue weighted by molar-refractivity contribution is -0.138. The monoisotopic (exact) mass is 472 g/mol. The summed E-state index contributed by atoms with van der Waals surface area (Å²) in [5.74, 6) is -0.462. The first-order valence-electron chi connectivity index (χ1n) is 10.5. The molecule has 1 aliphatic rings. The number of benzene rings is 2. The second-order valence-corrected chi connectivity index (χ2v) is 9.35. The van der Waals surface area contributed by atoms with Gasteiger partial charge >= 0.3 is 5.97 Å². The number of nitrogens with zero attached hydrogens (tertiary/aromatic N) is 2. The van der Waals surface area contributed by atoms with Crippen molar-refractivity contribution in [3.05, 3.63) is 119 Å². The minimum absolute atomic E-state index is 0.171. The first kappa shape index (κ1) is 21.3. The van der Waals surface area contributed by atoms with Crippen LogP contribution in [-0.2, 0) is 9.53 Å². The summed E-state index contributed by atoms with van der Waals surface area (Å²) in [4.78, 5) is 33.1. The van der Waals surface area contributed by atoms with Crippen LogP contribution in [0.3, 0.4) is 0 Å². The Hall–Kier alpha value is -3.55. The summed E-state index contributed by atoms with van der Waals surface area (Å²) in [6.07, 6.45) is 1.87. The fourth-order valence-electron chi connectivity index (χ4n) is 3.86. The number of carbonyl (C=O) groups is 1. The summed E-state index contributed by atoms with van der Waals surface area (Å²) in [5, 5.41) is 1.94. The molecule has 1 atom stereocenters. The zero-order valence-electron chi connectivity index (χ0n) is 17.8. The van der Waals surface area contributed by atoms with Gasteiger partial charge in [-0.05, 0) is 30.0 Å². The maximum Gasteiger partial charge on any atom is 0.338 e. The van der Waals surface area contributed by atoms with Crippen LogP contribution in [-0.4, -0.2) is 17.1 Å². The van der Waals surface area contributed by atoms with E-state index < -0.39 is 12.0 Å². The number of carbonyl (C=O) groups excluding carboxylic acids is 1. The van der Waals surface area contributed by atoms with Gasteiger partial charge in [-0.15, -0.1) is 11.3 Å². The summed E-state index contributed by atoms with van der Waals surface area (Å²) in [7, 11) is 0.